The number of aryl methyl sites for hydroxylation is 2. The highest BCUT2D eigenvalue weighted by atomic mass is 32.2. The van der Waals surface area contributed by atoms with E-state index in [0.717, 1.165) is 40.4 Å². The fourth-order valence-corrected chi connectivity index (χ4v) is 4.12. The average Bonchev–Trinajstić information content (AvgIpc) is 3.15. The molecule has 0 bridgehead atoms. The van der Waals surface area contributed by atoms with Crippen molar-refractivity contribution in [3.8, 4) is 10.6 Å². The van der Waals surface area contributed by atoms with Crippen LogP contribution in [-0.4, -0.2) is 19.7 Å². The van der Waals surface area contributed by atoms with E-state index in [4.69, 9.17) is 4.98 Å². The predicted molar refractivity (Wildman–Crippen MR) is 96.9 cm³/mol. The highest BCUT2D eigenvalue weighted by Gasteiger charge is 2.10. The lowest BCUT2D eigenvalue weighted by molar-refractivity contribution is 0.605. The van der Waals surface area contributed by atoms with E-state index < -0.39 is 0 Å². The molecule has 0 saturated carbocycles. The molecule has 3 aromatic rings. The smallest absolute Gasteiger partial charge is 0.191 e. The Morgan fingerprint density at radius 3 is 2.65 bits per heavy atom. The van der Waals surface area contributed by atoms with E-state index in [1.54, 1.807) is 23.1 Å². The van der Waals surface area contributed by atoms with Crippen molar-refractivity contribution in [1.82, 2.24) is 19.7 Å². The summed E-state index contributed by atoms with van der Waals surface area (Å²) in [5.74, 6) is 1.80. The van der Waals surface area contributed by atoms with Gasteiger partial charge in [0.2, 0.25) is 0 Å². The van der Waals surface area contributed by atoms with Gasteiger partial charge in [0.05, 0.1) is 5.69 Å². The number of thioether (sulfide) groups is 1. The van der Waals surface area contributed by atoms with Crippen LogP contribution in [0.1, 0.15) is 30.4 Å². The van der Waals surface area contributed by atoms with Gasteiger partial charge in [-0.05, 0) is 20.3 Å². The fraction of sp³-hybridized carbons (Fsp3) is 0.353. The molecule has 120 valence electrons. The van der Waals surface area contributed by atoms with Gasteiger partial charge in [0, 0.05) is 23.2 Å². The largest absolute Gasteiger partial charge is 0.306 e. The van der Waals surface area contributed by atoms with Crippen LogP contribution in [0, 0.1) is 13.8 Å². The van der Waals surface area contributed by atoms with Crippen LogP contribution in [0.5, 0.6) is 0 Å². The first-order valence-electron chi connectivity index (χ1n) is 7.71. The van der Waals surface area contributed by atoms with Gasteiger partial charge >= 0.3 is 0 Å². The Hall–Kier alpha value is -1.66. The Morgan fingerprint density at radius 2 is 1.91 bits per heavy atom. The quantitative estimate of drug-likeness (QED) is 0.607. The molecule has 2 aromatic heterocycles. The van der Waals surface area contributed by atoms with Crippen LogP contribution in [0.2, 0.25) is 0 Å². The molecule has 0 spiro atoms. The van der Waals surface area contributed by atoms with E-state index in [0.29, 0.717) is 0 Å². The zero-order valence-electron chi connectivity index (χ0n) is 13.6. The van der Waals surface area contributed by atoms with E-state index in [-0.39, 0.29) is 0 Å². The standard InChI is InChI=1S/C17H20N4S2/c1-4-9-21-13(3)19-20-17(21)23-11-15-10-22-16(18-15)14-7-5-12(2)6-8-14/h5-8,10H,4,9,11H2,1-3H3. The summed E-state index contributed by atoms with van der Waals surface area (Å²) in [6, 6.07) is 8.51. The monoisotopic (exact) mass is 344 g/mol. The molecule has 6 heteroatoms. The fourth-order valence-electron chi connectivity index (χ4n) is 2.29. The summed E-state index contributed by atoms with van der Waals surface area (Å²) in [5, 5.41) is 12.6. The maximum Gasteiger partial charge on any atom is 0.191 e. The first-order chi connectivity index (χ1) is 11.2. The van der Waals surface area contributed by atoms with E-state index in [1.165, 1.54) is 11.1 Å². The van der Waals surface area contributed by atoms with Gasteiger partial charge in [0.1, 0.15) is 10.8 Å². The Labute approximate surface area is 145 Å². The van der Waals surface area contributed by atoms with Crippen LogP contribution in [0.3, 0.4) is 0 Å². The number of aromatic nitrogens is 4. The molecule has 3 rings (SSSR count). The molecular weight excluding hydrogens is 324 g/mol. The summed E-state index contributed by atoms with van der Waals surface area (Å²) < 4.78 is 2.18. The molecule has 0 amide bonds. The van der Waals surface area contributed by atoms with E-state index >= 15 is 0 Å². The summed E-state index contributed by atoms with van der Waals surface area (Å²) in [6.45, 7) is 7.24. The number of nitrogens with zero attached hydrogens (tertiary/aromatic N) is 4. The number of rotatable bonds is 6. The van der Waals surface area contributed by atoms with Gasteiger partial charge < -0.3 is 4.57 Å². The van der Waals surface area contributed by atoms with Gasteiger partial charge in [-0.15, -0.1) is 21.5 Å². The van der Waals surface area contributed by atoms with Crippen molar-refractivity contribution in [3.63, 3.8) is 0 Å². The normalized spacial score (nSPS) is 11.1. The minimum Gasteiger partial charge on any atom is -0.306 e. The zero-order chi connectivity index (χ0) is 16.2. The predicted octanol–water partition coefficient (Wildman–Crippen LogP) is 4.72. The SMILES string of the molecule is CCCn1c(C)nnc1SCc1csc(-c2ccc(C)cc2)n1. The lowest BCUT2D eigenvalue weighted by atomic mass is 10.2. The Kier molecular flexibility index (Phi) is 5.13. The summed E-state index contributed by atoms with van der Waals surface area (Å²) in [5.41, 5.74) is 3.55. The molecule has 0 aliphatic rings. The van der Waals surface area contributed by atoms with E-state index in [9.17, 15) is 0 Å². The van der Waals surface area contributed by atoms with Crippen LogP contribution in [-0.2, 0) is 12.3 Å². The van der Waals surface area contributed by atoms with Crippen LogP contribution < -0.4 is 0 Å². The summed E-state index contributed by atoms with van der Waals surface area (Å²) in [4.78, 5) is 4.75. The molecule has 2 heterocycles. The lowest BCUT2D eigenvalue weighted by Gasteiger charge is -2.05. The Morgan fingerprint density at radius 1 is 1.13 bits per heavy atom. The molecule has 0 N–H and O–H groups in total. The van der Waals surface area contributed by atoms with Gasteiger partial charge in [0.25, 0.3) is 0 Å². The molecule has 23 heavy (non-hydrogen) atoms. The second kappa shape index (κ2) is 7.27. The minimum absolute atomic E-state index is 0.824. The highest BCUT2D eigenvalue weighted by molar-refractivity contribution is 7.98. The molecule has 0 fully saturated rings. The van der Waals surface area contributed by atoms with Crippen molar-refractivity contribution in [2.75, 3.05) is 0 Å². The van der Waals surface area contributed by atoms with Gasteiger partial charge in [-0.25, -0.2) is 4.98 Å². The van der Waals surface area contributed by atoms with Crippen LogP contribution >= 0.6 is 23.1 Å². The summed E-state index contributed by atoms with van der Waals surface area (Å²) >= 11 is 3.40. The molecule has 4 nitrogen and oxygen atoms in total. The molecule has 0 aliphatic carbocycles. The maximum absolute atomic E-state index is 4.75. The molecular formula is C17H20N4S2. The maximum atomic E-state index is 4.75. The molecule has 0 atom stereocenters. The third kappa shape index (κ3) is 3.82. The first-order valence-corrected chi connectivity index (χ1v) is 9.58. The summed E-state index contributed by atoms with van der Waals surface area (Å²) in [6.07, 6.45) is 1.08. The van der Waals surface area contributed by atoms with E-state index in [2.05, 4.69) is 58.3 Å². The Bertz CT molecular complexity index is 774. The third-order valence-electron chi connectivity index (χ3n) is 3.55. The van der Waals surface area contributed by atoms with Crippen molar-refractivity contribution in [2.45, 2.75) is 44.6 Å². The Balaban J connectivity index is 1.69. The van der Waals surface area contributed by atoms with Crippen LogP contribution in [0.4, 0.5) is 0 Å². The molecule has 1 aromatic carbocycles. The van der Waals surface area contributed by atoms with Crippen LogP contribution in [0.25, 0.3) is 10.6 Å². The summed E-state index contributed by atoms with van der Waals surface area (Å²) in [7, 11) is 0. The second-order valence-electron chi connectivity index (χ2n) is 5.48. The van der Waals surface area contributed by atoms with Crippen molar-refractivity contribution in [1.29, 1.82) is 0 Å². The number of benzene rings is 1. The van der Waals surface area contributed by atoms with Gasteiger partial charge in [-0.2, -0.15) is 0 Å². The molecule has 0 aliphatic heterocycles. The third-order valence-corrected chi connectivity index (χ3v) is 5.49. The molecule has 0 saturated heterocycles. The number of thiazole rings is 1. The zero-order valence-corrected chi connectivity index (χ0v) is 15.2. The lowest BCUT2D eigenvalue weighted by Crippen LogP contribution is -2.01. The topological polar surface area (TPSA) is 43.6 Å². The minimum atomic E-state index is 0.824. The van der Waals surface area contributed by atoms with Gasteiger partial charge in [-0.3, -0.25) is 0 Å². The van der Waals surface area contributed by atoms with Gasteiger partial charge in [0.15, 0.2) is 5.16 Å². The number of hydrogen-bond donors (Lipinski definition) is 0. The number of hydrogen-bond acceptors (Lipinski definition) is 5. The van der Waals surface area contributed by atoms with E-state index in [1.807, 2.05) is 6.92 Å². The van der Waals surface area contributed by atoms with Crippen molar-refractivity contribution in [2.24, 2.45) is 0 Å². The first kappa shape index (κ1) is 16.2. The van der Waals surface area contributed by atoms with Crippen molar-refractivity contribution in [3.05, 3.63) is 46.7 Å². The van der Waals surface area contributed by atoms with Crippen molar-refractivity contribution < 1.29 is 0 Å². The molecule has 0 unspecified atom stereocenters. The van der Waals surface area contributed by atoms with Crippen molar-refractivity contribution >= 4 is 23.1 Å². The highest BCUT2D eigenvalue weighted by Crippen LogP contribution is 2.27. The van der Waals surface area contributed by atoms with Gasteiger partial charge in [-0.1, -0.05) is 48.5 Å². The van der Waals surface area contributed by atoms with Crippen LogP contribution in [0.15, 0.2) is 34.8 Å². The molecule has 0 radical (unpaired) electrons. The second-order valence-corrected chi connectivity index (χ2v) is 7.28. The average molecular weight is 345 g/mol.